The van der Waals surface area contributed by atoms with Crippen molar-refractivity contribution in [1.82, 2.24) is 0 Å². The molecule has 1 aliphatic carbocycles. The highest BCUT2D eigenvalue weighted by atomic mass is 127. The minimum atomic E-state index is -0.398. The van der Waals surface area contributed by atoms with E-state index in [1.165, 1.54) is 30.7 Å². The van der Waals surface area contributed by atoms with Crippen LogP contribution >= 0.6 is 24.0 Å². The molecular formula is C18H21FIN3O. The van der Waals surface area contributed by atoms with E-state index >= 15 is 0 Å². The highest BCUT2D eigenvalue weighted by Crippen LogP contribution is 2.24. The van der Waals surface area contributed by atoms with Gasteiger partial charge in [0.15, 0.2) is 17.5 Å². The number of aryl methyl sites for hydroxylation is 2. The summed E-state index contributed by atoms with van der Waals surface area (Å²) in [7, 11) is 1.44. The molecule has 24 heavy (non-hydrogen) atoms. The topological polar surface area (TPSA) is 59.6 Å². The van der Waals surface area contributed by atoms with Crippen molar-refractivity contribution in [3.05, 3.63) is 58.9 Å². The summed E-state index contributed by atoms with van der Waals surface area (Å²) in [6.45, 7) is 0.310. The molecule has 0 spiro atoms. The van der Waals surface area contributed by atoms with Gasteiger partial charge in [0.2, 0.25) is 0 Å². The number of nitrogens with one attached hydrogen (secondary N) is 1. The SMILES string of the molecule is COc1ccc(CN=C(N)Nc2ccc3c(c2)CCC3)cc1F.I. The zero-order valence-corrected chi connectivity index (χ0v) is 15.8. The molecule has 0 saturated carbocycles. The number of hydrogen-bond donors (Lipinski definition) is 2. The first-order chi connectivity index (χ1) is 11.2. The van der Waals surface area contributed by atoms with E-state index in [1.54, 1.807) is 12.1 Å². The molecule has 3 rings (SSSR count). The number of anilines is 1. The zero-order valence-electron chi connectivity index (χ0n) is 13.5. The highest BCUT2D eigenvalue weighted by molar-refractivity contribution is 14.0. The number of rotatable bonds is 4. The summed E-state index contributed by atoms with van der Waals surface area (Å²) in [4.78, 5) is 4.26. The number of nitrogens with two attached hydrogens (primary N) is 1. The van der Waals surface area contributed by atoms with Crippen molar-refractivity contribution in [2.45, 2.75) is 25.8 Å². The Kier molecular flexibility index (Phi) is 6.42. The first-order valence-electron chi connectivity index (χ1n) is 7.67. The number of ether oxygens (including phenoxy) is 1. The number of halogens is 2. The number of guanidine groups is 1. The van der Waals surface area contributed by atoms with Crippen LogP contribution in [0.5, 0.6) is 5.75 Å². The summed E-state index contributed by atoms with van der Waals surface area (Å²) in [6, 6.07) is 11.0. The van der Waals surface area contributed by atoms with Gasteiger partial charge in [0, 0.05) is 5.69 Å². The Hall–Kier alpha value is -1.83. The second-order valence-electron chi connectivity index (χ2n) is 5.63. The first-order valence-corrected chi connectivity index (χ1v) is 7.67. The third-order valence-corrected chi connectivity index (χ3v) is 4.02. The fourth-order valence-electron chi connectivity index (χ4n) is 2.82. The van der Waals surface area contributed by atoms with Crippen LogP contribution < -0.4 is 15.8 Å². The van der Waals surface area contributed by atoms with Gasteiger partial charge in [-0.15, -0.1) is 24.0 Å². The molecule has 2 aromatic rings. The van der Waals surface area contributed by atoms with Crippen molar-refractivity contribution in [1.29, 1.82) is 0 Å². The molecule has 0 bridgehead atoms. The molecule has 0 atom stereocenters. The number of benzene rings is 2. The molecule has 0 saturated heterocycles. The molecule has 4 nitrogen and oxygen atoms in total. The van der Waals surface area contributed by atoms with Gasteiger partial charge in [-0.2, -0.15) is 0 Å². The van der Waals surface area contributed by atoms with Gasteiger partial charge in [0.25, 0.3) is 0 Å². The number of nitrogens with zero attached hydrogens (tertiary/aromatic N) is 1. The van der Waals surface area contributed by atoms with Gasteiger partial charge in [-0.3, -0.25) is 0 Å². The van der Waals surface area contributed by atoms with Crippen LogP contribution in [-0.2, 0) is 19.4 Å². The summed E-state index contributed by atoms with van der Waals surface area (Å²) in [5, 5.41) is 3.09. The second-order valence-corrected chi connectivity index (χ2v) is 5.63. The third-order valence-electron chi connectivity index (χ3n) is 4.02. The van der Waals surface area contributed by atoms with E-state index in [2.05, 4.69) is 22.4 Å². The highest BCUT2D eigenvalue weighted by Gasteiger charge is 2.10. The Morgan fingerprint density at radius 3 is 2.75 bits per heavy atom. The predicted molar refractivity (Wildman–Crippen MR) is 106 cm³/mol. The smallest absolute Gasteiger partial charge is 0.193 e. The molecule has 0 heterocycles. The van der Waals surface area contributed by atoms with E-state index in [9.17, 15) is 4.39 Å². The molecule has 0 unspecified atom stereocenters. The fraction of sp³-hybridized carbons (Fsp3) is 0.278. The van der Waals surface area contributed by atoms with Gasteiger partial charge in [-0.25, -0.2) is 9.38 Å². The monoisotopic (exact) mass is 441 g/mol. The van der Waals surface area contributed by atoms with Gasteiger partial charge in [-0.05, 0) is 60.2 Å². The zero-order chi connectivity index (χ0) is 16.2. The molecular weight excluding hydrogens is 420 g/mol. The maximum Gasteiger partial charge on any atom is 0.193 e. The lowest BCUT2D eigenvalue weighted by molar-refractivity contribution is 0.386. The Morgan fingerprint density at radius 2 is 2.00 bits per heavy atom. The quantitative estimate of drug-likeness (QED) is 0.431. The van der Waals surface area contributed by atoms with Crippen molar-refractivity contribution >= 4 is 35.6 Å². The molecule has 3 N–H and O–H groups in total. The van der Waals surface area contributed by atoms with Crippen LogP contribution in [0.3, 0.4) is 0 Å². The third kappa shape index (κ3) is 4.37. The lowest BCUT2D eigenvalue weighted by Crippen LogP contribution is -2.22. The van der Waals surface area contributed by atoms with Crippen molar-refractivity contribution in [3.8, 4) is 5.75 Å². The summed E-state index contributed by atoms with van der Waals surface area (Å²) in [5.74, 6) is 0.145. The lowest BCUT2D eigenvalue weighted by atomic mass is 10.1. The minimum absolute atomic E-state index is 0. The second kappa shape index (κ2) is 8.32. The van der Waals surface area contributed by atoms with E-state index in [0.717, 1.165) is 24.1 Å². The van der Waals surface area contributed by atoms with E-state index in [4.69, 9.17) is 10.5 Å². The molecule has 0 aromatic heterocycles. The van der Waals surface area contributed by atoms with Crippen LogP contribution in [0, 0.1) is 5.82 Å². The van der Waals surface area contributed by atoms with Crippen LogP contribution in [0.1, 0.15) is 23.1 Å². The van der Waals surface area contributed by atoms with Crippen LogP contribution in [0.25, 0.3) is 0 Å². The molecule has 0 radical (unpaired) electrons. The van der Waals surface area contributed by atoms with Crippen LogP contribution in [0.4, 0.5) is 10.1 Å². The average Bonchev–Trinajstić information content (AvgIpc) is 3.01. The van der Waals surface area contributed by atoms with Gasteiger partial charge >= 0.3 is 0 Å². The standard InChI is InChI=1S/C18H20FN3O.HI/c1-23-17-8-5-12(9-16(17)19)11-21-18(20)22-15-7-6-13-3-2-4-14(13)10-15;/h5-10H,2-4,11H2,1H3,(H3,20,21,22);1H. The van der Waals surface area contributed by atoms with Crippen LogP contribution in [0.15, 0.2) is 41.4 Å². The number of methoxy groups -OCH3 is 1. The number of aliphatic imine (C=N–C) groups is 1. The van der Waals surface area contributed by atoms with E-state index in [-0.39, 0.29) is 29.7 Å². The summed E-state index contributed by atoms with van der Waals surface area (Å²) in [5.41, 5.74) is 10.4. The van der Waals surface area contributed by atoms with E-state index in [0.29, 0.717) is 12.5 Å². The molecule has 6 heteroatoms. The molecule has 0 fully saturated rings. The predicted octanol–water partition coefficient (Wildman–Crippen LogP) is 3.87. The average molecular weight is 441 g/mol. The maximum absolute atomic E-state index is 13.6. The number of fused-ring (bicyclic) bond motifs is 1. The molecule has 128 valence electrons. The maximum atomic E-state index is 13.6. The van der Waals surface area contributed by atoms with Gasteiger partial charge in [-0.1, -0.05) is 12.1 Å². The summed E-state index contributed by atoms with van der Waals surface area (Å²) < 4.78 is 18.5. The van der Waals surface area contributed by atoms with Crippen LogP contribution in [-0.4, -0.2) is 13.1 Å². The summed E-state index contributed by atoms with van der Waals surface area (Å²) >= 11 is 0. The van der Waals surface area contributed by atoms with Crippen molar-refractivity contribution in [2.75, 3.05) is 12.4 Å². The lowest BCUT2D eigenvalue weighted by Gasteiger charge is -2.08. The van der Waals surface area contributed by atoms with E-state index in [1.807, 2.05) is 6.07 Å². The molecule has 0 aliphatic heterocycles. The van der Waals surface area contributed by atoms with Gasteiger partial charge in [0.1, 0.15) is 0 Å². The fourth-order valence-corrected chi connectivity index (χ4v) is 2.82. The number of hydrogen-bond acceptors (Lipinski definition) is 2. The van der Waals surface area contributed by atoms with Gasteiger partial charge < -0.3 is 15.8 Å². The Balaban J connectivity index is 0.00000208. The Morgan fingerprint density at radius 1 is 1.21 bits per heavy atom. The molecule has 2 aromatic carbocycles. The molecule has 1 aliphatic rings. The van der Waals surface area contributed by atoms with Gasteiger partial charge in [0.05, 0.1) is 13.7 Å². The normalized spacial score (nSPS) is 13.2. The molecule has 0 amide bonds. The Labute approximate surface area is 158 Å². The first kappa shape index (κ1) is 18.5. The largest absolute Gasteiger partial charge is 0.494 e. The van der Waals surface area contributed by atoms with Crippen molar-refractivity contribution < 1.29 is 9.13 Å². The van der Waals surface area contributed by atoms with E-state index < -0.39 is 5.82 Å². The minimum Gasteiger partial charge on any atom is -0.494 e. The van der Waals surface area contributed by atoms with Crippen molar-refractivity contribution in [3.63, 3.8) is 0 Å². The Bertz CT molecular complexity index is 749. The van der Waals surface area contributed by atoms with Crippen molar-refractivity contribution in [2.24, 2.45) is 10.7 Å². The summed E-state index contributed by atoms with van der Waals surface area (Å²) in [6.07, 6.45) is 3.49. The van der Waals surface area contributed by atoms with Crippen LogP contribution in [0.2, 0.25) is 0 Å².